The minimum atomic E-state index is -1.57. The van der Waals surface area contributed by atoms with Crippen LogP contribution in [-0.4, -0.2) is 37.1 Å². The number of carbonyl (C=O) groups excluding carboxylic acids is 1. The quantitative estimate of drug-likeness (QED) is 0.762. The fourth-order valence-corrected chi connectivity index (χ4v) is 3.32. The van der Waals surface area contributed by atoms with Gasteiger partial charge in [0.05, 0.1) is 0 Å². The molecule has 0 aliphatic heterocycles. The number of anilines is 2. The molecule has 0 spiro atoms. The third-order valence-electron chi connectivity index (χ3n) is 4.92. The van der Waals surface area contributed by atoms with Crippen molar-refractivity contribution in [1.29, 1.82) is 0 Å². The molecule has 1 saturated carbocycles. The van der Waals surface area contributed by atoms with Gasteiger partial charge in [-0.15, -0.1) is 0 Å². The van der Waals surface area contributed by atoms with Crippen LogP contribution in [0.1, 0.15) is 36.0 Å². The van der Waals surface area contributed by atoms with Crippen LogP contribution in [-0.2, 0) is 0 Å². The molecule has 1 aromatic carbocycles. The zero-order valence-electron chi connectivity index (χ0n) is 15.8. The zero-order valence-corrected chi connectivity index (χ0v) is 15.8. The number of halogens is 3. The summed E-state index contributed by atoms with van der Waals surface area (Å²) in [6, 6.07) is 5.47. The number of nitrogens with zero attached hydrogens (tertiary/aromatic N) is 2. The largest absolute Gasteiger partial charge is 0.378 e. The summed E-state index contributed by atoms with van der Waals surface area (Å²) in [7, 11) is 3.93. The van der Waals surface area contributed by atoms with Crippen molar-refractivity contribution in [2.45, 2.75) is 37.8 Å². The van der Waals surface area contributed by atoms with Crippen LogP contribution in [0.25, 0.3) is 0 Å². The molecule has 8 heteroatoms. The third-order valence-corrected chi connectivity index (χ3v) is 4.92. The fraction of sp³-hybridized carbons (Fsp3) is 0.400. The van der Waals surface area contributed by atoms with Gasteiger partial charge in [0.15, 0.2) is 17.5 Å². The molecule has 1 amide bonds. The van der Waals surface area contributed by atoms with Crippen LogP contribution < -0.4 is 15.5 Å². The highest BCUT2D eigenvalue weighted by Gasteiger charge is 2.24. The highest BCUT2D eigenvalue weighted by Crippen LogP contribution is 2.24. The first-order valence-electron chi connectivity index (χ1n) is 9.19. The molecule has 0 radical (unpaired) electrons. The smallest absolute Gasteiger partial charge is 0.251 e. The molecule has 28 heavy (non-hydrogen) atoms. The Morgan fingerprint density at radius 3 is 2.25 bits per heavy atom. The monoisotopic (exact) mass is 392 g/mol. The fourth-order valence-electron chi connectivity index (χ4n) is 3.32. The molecular weight excluding hydrogens is 369 g/mol. The predicted molar refractivity (Wildman–Crippen MR) is 102 cm³/mol. The second-order valence-electron chi connectivity index (χ2n) is 7.21. The Bertz CT molecular complexity index is 828. The minimum absolute atomic E-state index is 0.0946. The van der Waals surface area contributed by atoms with Gasteiger partial charge in [-0.05, 0) is 43.9 Å². The first-order chi connectivity index (χ1) is 13.3. The lowest BCUT2D eigenvalue weighted by atomic mass is 9.91. The second-order valence-corrected chi connectivity index (χ2v) is 7.21. The highest BCUT2D eigenvalue weighted by molar-refractivity contribution is 5.94. The van der Waals surface area contributed by atoms with E-state index in [1.54, 1.807) is 6.20 Å². The van der Waals surface area contributed by atoms with Gasteiger partial charge in [0, 0.05) is 49.7 Å². The van der Waals surface area contributed by atoms with Gasteiger partial charge in [0.25, 0.3) is 5.91 Å². The van der Waals surface area contributed by atoms with Crippen LogP contribution in [0.4, 0.5) is 24.7 Å². The van der Waals surface area contributed by atoms with Crippen LogP contribution in [0.2, 0.25) is 0 Å². The van der Waals surface area contributed by atoms with Crippen LogP contribution in [0.5, 0.6) is 0 Å². The van der Waals surface area contributed by atoms with Crippen LogP contribution in [0.3, 0.4) is 0 Å². The lowest BCUT2D eigenvalue weighted by Crippen LogP contribution is -2.40. The molecule has 0 unspecified atom stereocenters. The normalized spacial score (nSPS) is 19.2. The van der Waals surface area contributed by atoms with Crippen LogP contribution in [0, 0.1) is 17.5 Å². The Balaban J connectivity index is 1.53. The molecule has 5 nitrogen and oxygen atoms in total. The van der Waals surface area contributed by atoms with Gasteiger partial charge in [-0.3, -0.25) is 4.79 Å². The molecule has 3 rings (SSSR count). The maximum absolute atomic E-state index is 13.3. The van der Waals surface area contributed by atoms with Crippen molar-refractivity contribution in [2.75, 3.05) is 24.3 Å². The van der Waals surface area contributed by atoms with Crippen molar-refractivity contribution in [3.05, 3.63) is 53.5 Å². The lowest BCUT2D eigenvalue weighted by molar-refractivity contribution is 0.0925. The van der Waals surface area contributed by atoms with E-state index in [4.69, 9.17) is 0 Å². The second kappa shape index (κ2) is 8.50. The first-order valence-corrected chi connectivity index (χ1v) is 9.19. The molecule has 1 aliphatic rings. The summed E-state index contributed by atoms with van der Waals surface area (Å²) >= 11 is 0. The Kier molecular flexibility index (Phi) is 6.06. The minimum Gasteiger partial charge on any atom is -0.378 e. The molecule has 2 aromatic rings. The van der Waals surface area contributed by atoms with E-state index in [2.05, 4.69) is 15.6 Å². The number of rotatable bonds is 5. The summed E-state index contributed by atoms with van der Waals surface area (Å²) in [4.78, 5) is 18.5. The maximum atomic E-state index is 13.3. The number of hydrogen-bond donors (Lipinski definition) is 2. The van der Waals surface area contributed by atoms with Gasteiger partial charge in [0.1, 0.15) is 5.82 Å². The number of benzene rings is 1. The van der Waals surface area contributed by atoms with Crippen LogP contribution >= 0.6 is 0 Å². The van der Waals surface area contributed by atoms with Crippen molar-refractivity contribution in [3.63, 3.8) is 0 Å². The summed E-state index contributed by atoms with van der Waals surface area (Å²) in [6.07, 6.45) is 4.85. The third kappa shape index (κ3) is 4.74. The standard InChI is InChI=1S/C20H23F3N4O/c1-27(2)15-7-8-24-18(11-15)25-13-3-5-14(6-4-13)26-20(28)12-9-16(21)19(23)17(22)10-12/h7-11,13-14H,3-6H2,1-2H3,(H,24,25)(H,26,28). The van der Waals surface area contributed by atoms with E-state index < -0.39 is 23.4 Å². The summed E-state index contributed by atoms with van der Waals surface area (Å²) in [6.45, 7) is 0. The number of amides is 1. The van der Waals surface area contributed by atoms with Crippen molar-refractivity contribution in [1.82, 2.24) is 10.3 Å². The Labute approximate surface area is 162 Å². The zero-order chi connectivity index (χ0) is 20.3. The molecule has 1 aromatic heterocycles. The van der Waals surface area contributed by atoms with Gasteiger partial charge >= 0.3 is 0 Å². The maximum Gasteiger partial charge on any atom is 0.251 e. The van der Waals surface area contributed by atoms with E-state index in [1.165, 1.54) is 0 Å². The molecular formula is C20H23F3N4O. The molecule has 150 valence electrons. The molecule has 0 saturated heterocycles. The van der Waals surface area contributed by atoms with Crippen molar-refractivity contribution < 1.29 is 18.0 Å². The Morgan fingerprint density at radius 1 is 1.04 bits per heavy atom. The molecule has 1 heterocycles. The number of hydrogen-bond acceptors (Lipinski definition) is 4. The number of nitrogens with one attached hydrogen (secondary N) is 2. The summed E-state index contributed by atoms with van der Waals surface area (Å²) in [5.74, 6) is -4.11. The molecule has 0 atom stereocenters. The summed E-state index contributed by atoms with van der Waals surface area (Å²) < 4.78 is 39.6. The molecule has 1 aliphatic carbocycles. The van der Waals surface area contributed by atoms with Gasteiger partial charge in [0.2, 0.25) is 0 Å². The van der Waals surface area contributed by atoms with E-state index in [0.29, 0.717) is 12.1 Å². The van der Waals surface area contributed by atoms with E-state index in [0.717, 1.165) is 37.2 Å². The lowest BCUT2D eigenvalue weighted by Gasteiger charge is -2.30. The van der Waals surface area contributed by atoms with Gasteiger partial charge < -0.3 is 15.5 Å². The predicted octanol–water partition coefficient (Wildman–Crippen LogP) is 3.72. The van der Waals surface area contributed by atoms with E-state index in [-0.39, 0.29) is 17.6 Å². The van der Waals surface area contributed by atoms with E-state index in [9.17, 15) is 18.0 Å². The average Bonchev–Trinajstić information content (AvgIpc) is 2.67. The SMILES string of the molecule is CN(C)c1ccnc(NC2CCC(NC(=O)c3cc(F)c(F)c(F)c3)CC2)c1. The Morgan fingerprint density at radius 2 is 1.64 bits per heavy atom. The molecule has 1 fully saturated rings. The number of carbonyl (C=O) groups is 1. The molecule has 0 bridgehead atoms. The number of aromatic nitrogens is 1. The first kappa shape index (κ1) is 20.0. The van der Waals surface area contributed by atoms with E-state index >= 15 is 0 Å². The highest BCUT2D eigenvalue weighted by atomic mass is 19.2. The molecule has 2 N–H and O–H groups in total. The Hall–Kier alpha value is -2.77. The van der Waals surface area contributed by atoms with Crippen molar-refractivity contribution in [3.8, 4) is 0 Å². The topological polar surface area (TPSA) is 57.3 Å². The van der Waals surface area contributed by atoms with Gasteiger partial charge in [-0.2, -0.15) is 0 Å². The summed E-state index contributed by atoms with van der Waals surface area (Å²) in [5, 5.41) is 6.18. The van der Waals surface area contributed by atoms with Crippen molar-refractivity contribution >= 4 is 17.4 Å². The number of pyridine rings is 1. The van der Waals surface area contributed by atoms with Gasteiger partial charge in [-0.1, -0.05) is 0 Å². The summed E-state index contributed by atoms with van der Waals surface area (Å²) in [5.41, 5.74) is 0.832. The van der Waals surface area contributed by atoms with E-state index in [1.807, 2.05) is 31.1 Å². The van der Waals surface area contributed by atoms with Crippen molar-refractivity contribution in [2.24, 2.45) is 0 Å². The van der Waals surface area contributed by atoms with Crippen LogP contribution in [0.15, 0.2) is 30.5 Å². The van der Waals surface area contributed by atoms with Gasteiger partial charge in [-0.25, -0.2) is 18.2 Å². The average molecular weight is 392 g/mol.